The molecule has 0 saturated carbocycles. The van der Waals surface area contributed by atoms with Crippen molar-refractivity contribution in [3.8, 4) is 11.8 Å². The maximum Gasteiger partial charge on any atom is 0.0798 e. The Kier molecular flexibility index (Phi) is 3.60. The molecule has 0 radical (unpaired) electrons. The van der Waals surface area contributed by atoms with Gasteiger partial charge in [0.1, 0.15) is 0 Å². The van der Waals surface area contributed by atoms with Gasteiger partial charge in [-0.1, -0.05) is 30.0 Å². The maximum absolute atomic E-state index is 5.86. The largest absolute Gasteiger partial charge is 0.399 e. The van der Waals surface area contributed by atoms with Crippen LogP contribution in [0.2, 0.25) is 0 Å². The van der Waals surface area contributed by atoms with E-state index in [1.54, 1.807) is 0 Å². The summed E-state index contributed by atoms with van der Waals surface area (Å²) in [4.78, 5) is 2.34. The first-order valence-corrected chi connectivity index (χ1v) is 7.00. The van der Waals surface area contributed by atoms with Crippen molar-refractivity contribution in [3.05, 3.63) is 59.7 Å². The fourth-order valence-electron chi connectivity index (χ4n) is 2.62. The van der Waals surface area contributed by atoms with Crippen molar-refractivity contribution in [3.63, 3.8) is 0 Å². The minimum atomic E-state index is 0.770. The molecule has 2 heteroatoms. The van der Waals surface area contributed by atoms with Crippen LogP contribution in [0.4, 0.5) is 11.4 Å². The Morgan fingerprint density at radius 3 is 2.80 bits per heavy atom. The van der Waals surface area contributed by atoms with Crippen LogP contribution in [0.1, 0.15) is 17.5 Å². The van der Waals surface area contributed by atoms with Gasteiger partial charge in [-0.05, 0) is 48.7 Å². The number of nitrogens with two attached hydrogens (primary N) is 1. The Morgan fingerprint density at radius 2 is 1.95 bits per heavy atom. The van der Waals surface area contributed by atoms with Gasteiger partial charge in [0, 0.05) is 23.5 Å². The van der Waals surface area contributed by atoms with E-state index in [0.717, 1.165) is 30.8 Å². The van der Waals surface area contributed by atoms with Gasteiger partial charge in [0.2, 0.25) is 0 Å². The zero-order chi connectivity index (χ0) is 13.8. The second kappa shape index (κ2) is 5.71. The van der Waals surface area contributed by atoms with E-state index >= 15 is 0 Å². The van der Waals surface area contributed by atoms with Crippen molar-refractivity contribution < 1.29 is 0 Å². The first-order valence-electron chi connectivity index (χ1n) is 7.00. The Balaban J connectivity index is 1.76. The van der Waals surface area contributed by atoms with Crippen LogP contribution in [0.3, 0.4) is 0 Å². The van der Waals surface area contributed by atoms with Crippen LogP contribution >= 0.6 is 0 Å². The predicted octanol–water partition coefficient (Wildman–Crippen LogP) is 3.07. The van der Waals surface area contributed by atoms with E-state index in [-0.39, 0.29) is 0 Å². The number of benzene rings is 2. The molecule has 0 aromatic heterocycles. The first-order chi connectivity index (χ1) is 9.83. The molecule has 1 heterocycles. The summed E-state index contributed by atoms with van der Waals surface area (Å²) >= 11 is 0. The van der Waals surface area contributed by atoms with Gasteiger partial charge in [0.25, 0.3) is 0 Å². The second-order valence-corrected chi connectivity index (χ2v) is 5.08. The topological polar surface area (TPSA) is 29.3 Å². The molecule has 2 aromatic carbocycles. The van der Waals surface area contributed by atoms with Crippen LogP contribution in [0.5, 0.6) is 0 Å². The number of rotatable bonds is 1. The van der Waals surface area contributed by atoms with Crippen molar-refractivity contribution >= 4 is 11.4 Å². The molecule has 3 rings (SSSR count). The molecule has 2 nitrogen and oxygen atoms in total. The molecule has 0 amide bonds. The SMILES string of the molecule is Nc1ccc2c(c1)CCCN2CC#Cc1ccccc1. The zero-order valence-corrected chi connectivity index (χ0v) is 11.5. The van der Waals surface area contributed by atoms with Gasteiger partial charge in [0.05, 0.1) is 6.54 Å². The highest BCUT2D eigenvalue weighted by atomic mass is 15.1. The van der Waals surface area contributed by atoms with Crippen molar-refractivity contribution in [2.24, 2.45) is 0 Å². The Hall–Kier alpha value is -2.40. The number of nitrogens with zero attached hydrogens (tertiary/aromatic N) is 1. The summed E-state index contributed by atoms with van der Waals surface area (Å²) in [6.07, 6.45) is 2.28. The van der Waals surface area contributed by atoms with Crippen LogP contribution in [0.15, 0.2) is 48.5 Å². The highest BCUT2D eigenvalue weighted by molar-refractivity contribution is 5.61. The number of fused-ring (bicyclic) bond motifs is 1. The van der Waals surface area contributed by atoms with Crippen molar-refractivity contribution in [1.82, 2.24) is 0 Å². The van der Waals surface area contributed by atoms with Crippen molar-refractivity contribution in [1.29, 1.82) is 0 Å². The Morgan fingerprint density at radius 1 is 1.10 bits per heavy atom. The summed E-state index contributed by atoms with van der Waals surface area (Å²) in [5, 5.41) is 0. The van der Waals surface area contributed by atoms with Gasteiger partial charge >= 0.3 is 0 Å². The molecule has 0 spiro atoms. The standard InChI is InChI=1S/C18H18N2/c19-17-10-11-18-16(14-17)9-5-13-20(18)12-4-8-15-6-2-1-3-7-15/h1-3,6-7,10-11,14H,5,9,12-13,19H2. The van der Waals surface area contributed by atoms with Crippen molar-refractivity contribution in [2.75, 3.05) is 23.7 Å². The maximum atomic E-state index is 5.86. The summed E-state index contributed by atoms with van der Waals surface area (Å²) in [6, 6.07) is 16.3. The molecule has 2 aromatic rings. The lowest BCUT2D eigenvalue weighted by molar-refractivity contribution is 0.726. The minimum Gasteiger partial charge on any atom is -0.399 e. The number of hydrogen-bond acceptors (Lipinski definition) is 2. The Labute approximate surface area is 120 Å². The molecule has 0 bridgehead atoms. The number of nitrogen functional groups attached to an aromatic ring is 1. The lowest BCUT2D eigenvalue weighted by Gasteiger charge is -2.29. The van der Waals surface area contributed by atoms with Gasteiger partial charge in [-0.2, -0.15) is 0 Å². The first kappa shape index (κ1) is 12.6. The fraction of sp³-hybridized carbons (Fsp3) is 0.222. The van der Waals surface area contributed by atoms with Gasteiger partial charge in [-0.3, -0.25) is 0 Å². The molecular formula is C18H18N2. The number of hydrogen-bond donors (Lipinski definition) is 1. The molecule has 0 aliphatic carbocycles. The summed E-state index contributed by atoms with van der Waals surface area (Å²) in [7, 11) is 0. The zero-order valence-electron chi connectivity index (χ0n) is 11.5. The molecule has 20 heavy (non-hydrogen) atoms. The van der Waals surface area contributed by atoms with Gasteiger partial charge in [-0.15, -0.1) is 0 Å². The van der Waals surface area contributed by atoms with Crippen molar-refractivity contribution in [2.45, 2.75) is 12.8 Å². The van der Waals surface area contributed by atoms with Crippen LogP contribution in [-0.4, -0.2) is 13.1 Å². The average Bonchev–Trinajstić information content (AvgIpc) is 2.48. The monoisotopic (exact) mass is 262 g/mol. The minimum absolute atomic E-state index is 0.770. The number of anilines is 2. The summed E-state index contributed by atoms with van der Waals surface area (Å²) < 4.78 is 0. The van der Waals surface area contributed by atoms with Crippen LogP contribution < -0.4 is 10.6 Å². The van der Waals surface area contributed by atoms with Crippen LogP contribution in [0, 0.1) is 11.8 Å². The lowest BCUT2D eigenvalue weighted by atomic mass is 10.0. The molecule has 0 unspecified atom stereocenters. The predicted molar refractivity (Wildman–Crippen MR) is 84.7 cm³/mol. The van der Waals surface area contributed by atoms with E-state index in [0.29, 0.717) is 0 Å². The van der Waals surface area contributed by atoms with Gasteiger partial charge < -0.3 is 10.6 Å². The van der Waals surface area contributed by atoms with E-state index in [4.69, 9.17) is 5.73 Å². The summed E-state index contributed by atoms with van der Waals surface area (Å²) in [6.45, 7) is 1.84. The second-order valence-electron chi connectivity index (χ2n) is 5.08. The lowest BCUT2D eigenvalue weighted by Crippen LogP contribution is -2.29. The van der Waals surface area contributed by atoms with Crippen LogP contribution in [-0.2, 0) is 6.42 Å². The quantitative estimate of drug-likeness (QED) is 0.632. The molecule has 100 valence electrons. The third kappa shape index (κ3) is 2.78. The van der Waals surface area contributed by atoms with E-state index in [2.05, 4.69) is 28.9 Å². The molecule has 1 aliphatic rings. The smallest absolute Gasteiger partial charge is 0.0798 e. The Bertz CT molecular complexity index is 650. The molecule has 0 fully saturated rings. The third-order valence-corrected chi connectivity index (χ3v) is 3.59. The molecule has 1 aliphatic heterocycles. The highest BCUT2D eigenvalue weighted by Gasteiger charge is 2.15. The summed E-state index contributed by atoms with van der Waals surface area (Å²) in [5.41, 5.74) is 10.4. The van der Waals surface area contributed by atoms with Crippen LogP contribution in [0.25, 0.3) is 0 Å². The van der Waals surface area contributed by atoms with E-state index in [9.17, 15) is 0 Å². The van der Waals surface area contributed by atoms with E-state index in [1.807, 2.05) is 36.4 Å². The molecule has 0 saturated heterocycles. The number of aryl methyl sites for hydroxylation is 1. The molecule has 0 atom stereocenters. The van der Waals surface area contributed by atoms with Gasteiger partial charge in [0.15, 0.2) is 0 Å². The van der Waals surface area contributed by atoms with E-state index < -0.39 is 0 Å². The van der Waals surface area contributed by atoms with E-state index in [1.165, 1.54) is 17.7 Å². The molecule has 2 N–H and O–H groups in total. The highest BCUT2D eigenvalue weighted by Crippen LogP contribution is 2.28. The molecular weight excluding hydrogens is 244 g/mol. The average molecular weight is 262 g/mol. The third-order valence-electron chi connectivity index (χ3n) is 3.59. The normalized spacial score (nSPS) is 13.3. The fourth-order valence-corrected chi connectivity index (χ4v) is 2.62. The summed E-state index contributed by atoms with van der Waals surface area (Å²) in [5.74, 6) is 6.49. The van der Waals surface area contributed by atoms with Gasteiger partial charge in [-0.25, -0.2) is 0 Å².